The maximum Gasteiger partial charge on any atom is 0.0591 e. The summed E-state index contributed by atoms with van der Waals surface area (Å²) in [5.74, 6) is 0. The summed E-state index contributed by atoms with van der Waals surface area (Å²) < 4.78 is 10.6. The summed E-state index contributed by atoms with van der Waals surface area (Å²) in [6.45, 7) is 4.01. The van der Waals surface area contributed by atoms with Gasteiger partial charge in [-0.1, -0.05) is 42.5 Å². The van der Waals surface area contributed by atoms with E-state index in [-0.39, 0.29) is 0 Å². The van der Waals surface area contributed by atoms with Crippen LogP contribution in [0.2, 0.25) is 0 Å². The molecule has 0 saturated heterocycles. The number of rotatable bonds is 9. The monoisotopic (exact) mass is 273 g/mol. The van der Waals surface area contributed by atoms with Crippen molar-refractivity contribution in [1.82, 2.24) is 5.32 Å². The van der Waals surface area contributed by atoms with Gasteiger partial charge in [0.15, 0.2) is 0 Å². The van der Waals surface area contributed by atoms with Gasteiger partial charge in [-0.3, -0.25) is 0 Å². The molecule has 2 rings (SSSR count). The lowest BCUT2D eigenvalue weighted by Crippen LogP contribution is -2.23. The Kier molecular flexibility index (Phi) is 6.51. The molecule has 2 aromatic carbocycles. The maximum atomic E-state index is 5.66. The molecule has 0 aromatic heterocycles. The first-order valence-corrected chi connectivity index (χ1v) is 7.16. The van der Waals surface area contributed by atoms with Crippen LogP contribution in [-0.4, -0.2) is 40.0 Å². The molecule has 0 bridgehead atoms. The van der Waals surface area contributed by atoms with Gasteiger partial charge in [-0.05, 0) is 22.8 Å². The van der Waals surface area contributed by atoms with E-state index in [4.69, 9.17) is 9.47 Å². The van der Waals surface area contributed by atoms with Crippen LogP contribution >= 0.6 is 0 Å². The summed E-state index contributed by atoms with van der Waals surface area (Å²) in [6, 6.07) is 14.9. The largest absolute Gasteiger partial charge is 0.383 e. The molecule has 0 atom stereocenters. The first-order chi connectivity index (χ1) is 9.92. The number of fused-ring (bicyclic) bond motifs is 1. The Morgan fingerprint density at radius 1 is 0.900 bits per heavy atom. The number of hydrogen-bond donors (Lipinski definition) is 1. The summed E-state index contributed by atoms with van der Waals surface area (Å²) in [7, 11) is 1.71. The Morgan fingerprint density at radius 2 is 1.70 bits per heavy atom. The third kappa shape index (κ3) is 4.60. The highest BCUT2D eigenvalue weighted by Crippen LogP contribution is 2.18. The zero-order valence-corrected chi connectivity index (χ0v) is 12.1. The van der Waals surface area contributed by atoms with E-state index >= 15 is 0 Å². The van der Waals surface area contributed by atoms with Crippen molar-refractivity contribution in [2.75, 3.05) is 40.0 Å². The van der Waals surface area contributed by atoms with Gasteiger partial charge in [0.05, 0.1) is 19.8 Å². The highest BCUT2D eigenvalue weighted by atomic mass is 16.5. The molecule has 0 radical (unpaired) electrons. The molecule has 2 aromatic rings. The minimum atomic E-state index is 0.745. The fraction of sp³-hybridized carbons (Fsp3) is 0.412. The molecular formula is C17H23NO2. The predicted octanol–water partition coefficient (Wildman–Crippen LogP) is 2.63. The van der Waals surface area contributed by atoms with Gasteiger partial charge in [-0.25, -0.2) is 0 Å². The third-order valence-electron chi connectivity index (χ3n) is 3.30. The summed E-state index contributed by atoms with van der Waals surface area (Å²) in [5, 5.41) is 5.89. The lowest BCUT2D eigenvalue weighted by molar-refractivity contribution is 0.135. The number of ether oxygens (including phenoxy) is 2. The third-order valence-corrected chi connectivity index (χ3v) is 3.30. The highest BCUT2D eigenvalue weighted by Gasteiger charge is 2.00. The smallest absolute Gasteiger partial charge is 0.0591 e. The van der Waals surface area contributed by atoms with Gasteiger partial charge >= 0.3 is 0 Å². The molecule has 3 heteroatoms. The first kappa shape index (κ1) is 15.0. The van der Waals surface area contributed by atoms with Crippen LogP contribution in [0.5, 0.6) is 0 Å². The van der Waals surface area contributed by atoms with Crippen LogP contribution in [-0.2, 0) is 15.9 Å². The molecule has 3 nitrogen and oxygen atoms in total. The fourth-order valence-electron chi connectivity index (χ4n) is 2.24. The van der Waals surface area contributed by atoms with E-state index in [1.165, 1.54) is 16.3 Å². The van der Waals surface area contributed by atoms with E-state index in [9.17, 15) is 0 Å². The summed E-state index contributed by atoms with van der Waals surface area (Å²) in [6.07, 6.45) is 0.958. The Hall–Kier alpha value is -1.42. The van der Waals surface area contributed by atoms with E-state index in [2.05, 4.69) is 47.8 Å². The Balaban J connectivity index is 1.71. The second-order valence-electron chi connectivity index (χ2n) is 4.74. The quantitative estimate of drug-likeness (QED) is 0.712. The molecule has 108 valence electrons. The lowest BCUT2D eigenvalue weighted by atomic mass is 10.0. The molecule has 0 unspecified atom stereocenters. The van der Waals surface area contributed by atoms with Crippen LogP contribution in [0.1, 0.15) is 5.56 Å². The Labute approximate surface area is 120 Å². The predicted molar refractivity (Wildman–Crippen MR) is 83.2 cm³/mol. The topological polar surface area (TPSA) is 30.5 Å². The normalized spacial score (nSPS) is 11.1. The van der Waals surface area contributed by atoms with Crippen LogP contribution in [0, 0.1) is 0 Å². The molecule has 0 aliphatic rings. The van der Waals surface area contributed by atoms with Crippen molar-refractivity contribution >= 4 is 10.8 Å². The molecule has 0 amide bonds. The van der Waals surface area contributed by atoms with Gasteiger partial charge in [0.25, 0.3) is 0 Å². The van der Waals surface area contributed by atoms with Crippen molar-refractivity contribution in [2.24, 2.45) is 0 Å². The van der Waals surface area contributed by atoms with Gasteiger partial charge < -0.3 is 14.8 Å². The molecular weight excluding hydrogens is 250 g/mol. The minimum absolute atomic E-state index is 0.745. The summed E-state index contributed by atoms with van der Waals surface area (Å²) in [5.41, 5.74) is 1.36. The molecule has 0 saturated carbocycles. The van der Waals surface area contributed by atoms with Crippen LogP contribution < -0.4 is 5.32 Å². The van der Waals surface area contributed by atoms with Crippen molar-refractivity contribution < 1.29 is 9.47 Å². The van der Waals surface area contributed by atoms with Crippen molar-refractivity contribution in [1.29, 1.82) is 0 Å². The summed E-state index contributed by atoms with van der Waals surface area (Å²) >= 11 is 0. The van der Waals surface area contributed by atoms with Crippen molar-refractivity contribution in [2.45, 2.75) is 6.42 Å². The van der Waals surface area contributed by atoms with Gasteiger partial charge in [0.1, 0.15) is 0 Å². The zero-order chi connectivity index (χ0) is 14.0. The van der Waals surface area contributed by atoms with Crippen molar-refractivity contribution in [3.05, 3.63) is 48.0 Å². The molecule has 0 spiro atoms. The fourth-order valence-corrected chi connectivity index (χ4v) is 2.24. The average Bonchev–Trinajstić information content (AvgIpc) is 2.50. The van der Waals surface area contributed by atoms with Crippen LogP contribution in [0.4, 0.5) is 0 Å². The molecule has 0 heterocycles. The van der Waals surface area contributed by atoms with E-state index in [0.717, 1.165) is 39.3 Å². The van der Waals surface area contributed by atoms with E-state index in [1.54, 1.807) is 7.11 Å². The summed E-state index contributed by atoms with van der Waals surface area (Å²) in [4.78, 5) is 0. The number of methoxy groups -OCH3 is 1. The first-order valence-electron chi connectivity index (χ1n) is 7.16. The Bertz CT molecular complexity index is 508. The van der Waals surface area contributed by atoms with Crippen LogP contribution in [0.3, 0.4) is 0 Å². The zero-order valence-electron chi connectivity index (χ0n) is 12.1. The van der Waals surface area contributed by atoms with Crippen molar-refractivity contribution in [3.8, 4) is 0 Å². The van der Waals surface area contributed by atoms with E-state index in [1.807, 2.05) is 0 Å². The second-order valence-corrected chi connectivity index (χ2v) is 4.74. The second kappa shape index (κ2) is 8.69. The van der Waals surface area contributed by atoms with Gasteiger partial charge in [0, 0.05) is 20.2 Å². The van der Waals surface area contributed by atoms with Crippen LogP contribution in [0.25, 0.3) is 10.8 Å². The number of hydrogen-bond acceptors (Lipinski definition) is 3. The molecule has 1 N–H and O–H groups in total. The van der Waals surface area contributed by atoms with E-state index < -0.39 is 0 Å². The number of nitrogens with one attached hydrogen (secondary N) is 1. The van der Waals surface area contributed by atoms with Crippen LogP contribution in [0.15, 0.2) is 42.5 Å². The molecule has 0 aliphatic heterocycles. The van der Waals surface area contributed by atoms with Gasteiger partial charge in [-0.2, -0.15) is 0 Å². The Morgan fingerprint density at radius 3 is 2.60 bits per heavy atom. The lowest BCUT2D eigenvalue weighted by Gasteiger charge is -2.08. The van der Waals surface area contributed by atoms with Gasteiger partial charge in [-0.15, -0.1) is 0 Å². The standard InChI is InChI=1S/C17H23NO2/c1-19-13-10-18-11-14-20-12-9-16-7-4-6-15-5-2-3-8-17(15)16/h2-8,18H,9-14H2,1H3. The minimum Gasteiger partial charge on any atom is -0.383 e. The molecule has 0 fully saturated rings. The number of benzene rings is 2. The van der Waals surface area contributed by atoms with E-state index in [0.29, 0.717) is 0 Å². The maximum absolute atomic E-state index is 5.66. The highest BCUT2D eigenvalue weighted by molar-refractivity contribution is 5.85. The molecule has 0 aliphatic carbocycles. The molecule has 20 heavy (non-hydrogen) atoms. The SMILES string of the molecule is COCCNCCOCCc1cccc2ccccc12. The average molecular weight is 273 g/mol. The van der Waals surface area contributed by atoms with Crippen molar-refractivity contribution in [3.63, 3.8) is 0 Å². The van der Waals surface area contributed by atoms with Gasteiger partial charge in [0.2, 0.25) is 0 Å².